The van der Waals surface area contributed by atoms with Crippen molar-refractivity contribution in [1.82, 2.24) is 4.31 Å². The highest BCUT2D eigenvalue weighted by Gasteiger charge is 2.28. The van der Waals surface area contributed by atoms with E-state index >= 15 is 0 Å². The van der Waals surface area contributed by atoms with E-state index in [2.05, 4.69) is 0 Å². The van der Waals surface area contributed by atoms with E-state index in [1.807, 2.05) is 13.8 Å². The molecule has 0 aliphatic carbocycles. The molecule has 7 heteroatoms. The lowest BCUT2D eigenvalue weighted by Crippen LogP contribution is -2.39. The monoisotopic (exact) mass is 340 g/mol. The molecular formula is C13H22Cl2N2O2S. The van der Waals surface area contributed by atoms with E-state index in [9.17, 15) is 8.42 Å². The molecule has 1 aromatic carbocycles. The molecule has 20 heavy (non-hydrogen) atoms. The average Bonchev–Trinajstić information content (AvgIpc) is 2.31. The molecule has 0 fully saturated rings. The number of sulfonamides is 1. The molecule has 1 aromatic rings. The van der Waals surface area contributed by atoms with Crippen LogP contribution in [0.1, 0.15) is 19.4 Å². The van der Waals surface area contributed by atoms with Gasteiger partial charge in [0.15, 0.2) is 0 Å². The second-order valence-corrected chi connectivity index (χ2v) is 7.99. The predicted molar refractivity (Wildman–Crippen MR) is 86.1 cm³/mol. The van der Waals surface area contributed by atoms with E-state index in [1.54, 1.807) is 26.1 Å². The van der Waals surface area contributed by atoms with Crippen LogP contribution in [0.25, 0.3) is 0 Å². The second-order valence-electron chi connectivity index (χ2n) is 5.54. The molecule has 0 amide bonds. The molecule has 116 valence electrons. The number of halogens is 2. The van der Waals surface area contributed by atoms with Crippen LogP contribution in [0.3, 0.4) is 0 Å². The van der Waals surface area contributed by atoms with Gasteiger partial charge in [-0.2, -0.15) is 0 Å². The lowest BCUT2D eigenvalue weighted by Gasteiger charge is -2.28. The van der Waals surface area contributed by atoms with Crippen LogP contribution < -0.4 is 5.73 Å². The molecule has 0 saturated carbocycles. The fourth-order valence-corrected chi connectivity index (χ4v) is 3.61. The lowest BCUT2D eigenvalue weighted by molar-refractivity contribution is 0.292. The third-order valence-corrected chi connectivity index (χ3v) is 5.22. The summed E-state index contributed by atoms with van der Waals surface area (Å²) in [6.45, 7) is 6.40. The van der Waals surface area contributed by atoms with Gasteiger partial charge in [0.2, 0.25) is 10.0 Å². The van der Waals surface area contributed by atoms with Gasteiger partial charge < -0.3 is 5.73 Å². The van der Waals surface area contributed by atoms with Crippen molar-refractivity contribution in [2.75, 3.05) is 20.1 Å². The zero-order chi connectivity index (χ0) is 14.8. The van der Waals surface area contributed by atoms with Crippen molar-refractivity contribution in [1.29, 1.82) is 0 Å². The van der Waals surface area contributed by atoms with Gasteiger partial charge in [-0.1, -0.05) is 31.5 Å². The van der Waals surface area contributed by atoms with Gasteiger partial charge in [-0.25, -0.2) is 12.7 Å². The summed E-state index contributed by atoms with van der Waals surface area (Å²) in [5.41, 5.74) is 6.06. The number of rotatable bonds is 5. The van der Waals surface area contributed by atoms with Gasteiger partial charge in [0.1, 0.15) is 0 Å². The van der Waals surface area contributed by atoms with Crippen molar-refractivity contribution < 1.29 is 8.42 Å². The first-order valence-corrected chi connectivity index (χ1v) is 7.84. The summed E-state index contributed by atoms with van der Waals surface area (Å²) >= 11 is 5.88. The summed E-state index contributed by atoms with van der Waals surface area (Å²) in [4.78, 5) is 0.246. The van der Waals surface area contributed by atoms with E-state index in [4.69, 9.17) is 17.3 Å². The van der Waals surface area contributed by atoms with Gasteiger partial charge in [0, 0.05) is 18.6 Å². The topological polar surface area (TPSA) is 63.4 Å². The standard InChI is InChI=1S/C13H21ClN2O2S.ClH/c1-10-5-6-11(14)7-12(10)19(17,18)16(4)9-13(2,3)8-15;/h5-7H,8-9,15H2,1-4H3;1H. The third-order valence-electron chi connectivity index (χ3n) is 3.04. The van der Waals surface area contributed by atoms with Crippen molar-refractivity contribution in [2.45, 2.75) is 25.7 Å². The molecule has 0 bridgehead atoms. The van der Waals surface area contributed by atoms with Gasteiger partial charge in [-0.05, 0) is 36.6 Å². The maximum atomic E-state index is 12.5. The minimum atomic E-state index is -3.54. The van der Waals surface area contributed by atoms with Crippen molar-refractivity contribution in [3.8, 4) is 0 Å². The highest BCUT2D eigenvalue weighted by atomic mass is 35.5. The van der Waals surface area contributed by atoms with E-state index in [0.717, 1.165) is 0 Å². The smallest absolute Gasteiger partial charge is 0.243 e. The first-order valence-electron chi connectivity index (χ1n) is 6.03. The minimum absolute atomic E-state index is 0. The maximum Gasteiger partial charge on any atom is 0.243 e. The molecule has 0 radical (unpaired) electrons. The van der Waals surface area contributed by atoms with E-state index < -0.39 is 10.0 Å². The molecular weight excluding hydrogens is 319 g/mol. The normalized spacial score (nSPS) is 12.3. The molecule has 0 aliphatic rings. The molecule has 1 rings (SSSR count). The molecule has 0 spiro atoms. The van der Waals surface area contributed by atoms with Gasteiger partial charge in [0.25, 0.3) is 0 Å². The zero-order valence-corrected chi connectivity index (χ0v) is 14.6. The van der Waals surface area contributed by atoms with Crippen LogP contribution in [0, 0.1) is 12.3 Å². The molecule has 2 N–H and O–H groups in total. The highest BCUT2D eigenvalue weighted by Crippen LogP contribution is 2.25. The number of nitrogens with two attached hydrogens (primary N) is 1. The Balaban J connectivity index is 0.00000361. The zero-order valence-electron chi connectivity index (χ0n) is 12.2. The van der Waals surface area contributed by atoms with Crippen LogP contribution in [-0.4, -0.2) is 32.9 Å². The van der Waals surface area contributed by atoms with Crippen LogP contribution >= 0.6 is 24.0 Å². The minimum Gasteiger partial charge on any atom is -0.330 e. The fraction of sp³-hybridized carbons (Fsp3) is 0.538. The summed E-state index contributed by atoms with van der Waals surface area (Å²) in [6, 6.07) is 4.87. The van der Waals surface area contributed by atoms with Crippen molar-refractivity contribution in [3.63, 3.8) is 0 Å². The van der Waals surface area contributed by atoms with E-state index in [0.29, 0.717) is 23.7 Å². The van der Waals surface area contributed by atoms with Crippen molar-refractivity contribution >= 4 is 34.0 Å². The third kappa shape index (κ3) is 4.60. The molecule has 4 nitrogen and oxygen atoms in total. The Labute approximate surface area is 132 Å². The van der Waals surface area contributed by atoms with Gasteiger partial charge >= 0.3 is 0 Å². The van der Waals surface area contributed by atoms with Gasteiger partial charge in [-0.15, -0.1) is 12.4 Å². The molecule has 0 heterocycles. The first kappa shape index (κ1) is 19.7. The lowest BCUT2D eigenvalue weighted by atomic mass is 9.94. The summed E-state index contributed by atoms with van der Waals surface area (Å²) < 4.78 is 26.4. The molecule has 0 unspecified atom stereocenters. The Kier molecular flexibility index (Phi) is 6.97. The average molecular weight is 341 g/mol. The molecule has 0 aromatic heterocycles. The Morgan fingerprint density at radius 1 is 1.35 bits per heavy atom. The summed E-state index contributed by atoms with van der Waals surface area (Å²) in [7, 11) is -1.98. The van der Waals surface area contributed by atoms with Crippen molar-refractivity contribution in [3.05, 3.63) is 28.8 Å². The molecule has 0 saturated heterocycles. The summed E-state index contributed by atoms with van der Waals surface area (Å²) in [5.74, 6) is 0. The number of aryl methyl sites for hydroxylation is 1. The summed E-state index contributed by atoms with van der Waals surface area (Å²) in [6.07, 6.45) is 0. The molecule has 0 aliphatic heterocycles. The molecule has 0 atom stereocenters. The number of nitrogens with zero attached hydrogens (tertiary/aromatic N) is 1. The Morgan fingerprint density at radius 2 is 1.90 bits per heavy atom. The van der Waals surface area contributed by atoms with Crippen LogP contribution in [0.2, 0.25) is 5.02 Å². The fourth-order valence-electron chi connectivity index (χ4n) is 1.77. The highest BCUT2D eigenvalue weighted by molar-refractivity contribution is 7.89. The quantitative estimate of drug-likeness (QED) is 0.896. The van der Waals surface area contributed by atoms with Gasteiger partial charge in [0.05, 0.1) is 4.90 Å². The van der Waals surface area contributed by atoms with Crippen LogP contribution in [0.4, 0.5) is 0 Å². The van der Waals surface area contributed by atoms with E-state index in [1.165, 1.54) is 10.4 Å². The number of hydrogen-bond donors (Lipinski definition) is 1. The Morgan fingerprint density at radius 3 is 2.40 bits per heavy atom. The largest absolute Gasteiger partial charge is 0.330 e. The van der Waals surface area contributed by atoms with Crippen molar-refractivity contribution in [2.24, 2.45) is 11.1 Å². The first-order chi connectivity index (χ1) is 8.60. The van der Waals surface area contributed by atoms with Crippen LogP contribution in [0.15, 0.2) is 23.1 Å². The predicted octanol–water partition coefficient (Wildman–Crippen LogP) is 2.68. The van der Waals surface area contributed by atoms with Crippen LogP contribution in [0.5, 0.6) is 0 Å². The second kappa shape index (κ2) is 7.09. The van der Waals surface area contributed by atoms with Gasteiger partial charge in [-0.3, -0.25) is 0 Å². The van der Waals surface area contributed by atoms with Crippen LogP contribution in [-0.2, 0) is 10.0 Å². The Hall–Kier alpha value is -0.330. The number of benzene rings is 1. The Bertz CT molecular complexity index is 559. The SMILES string of the molecule is Cc1ccc(Cl)cc1S(=O)(=O)N(C)CC(C)(C)CN.Cl. The maximum absolute atomic E-state index is 12.5. The van der Waals surface area contributed by atoms with E-state index in [-0.39, 0.29) is 22.7 Å². The number of hydrogen-bond acceptors (Lipinski definition) is 3. The summed E-state index contributed by atoms with van der Waals surface area (Å²) in [5, 5.41) is 0.413.